The fourth-order valence-corrected chi connectivity index (χ4v) is 1.87. The first-order valence-corrected chi connectivity index (χ1v) is 6.82. The van der Waals surface area contributed by atoms with Crippen molar-refractivity contribution in [3.05, 3.63) is 17.5 Å². The Balaban J connectivity index is 0.00000361. The fraction of sp³-hybridized carbons (Fsp3) is 0.714. The van der Waals surface area contributed by atoms with Gasteiger partial charge in [0.2, 0.25) is 0 Å². The number of aryl methyl sites for hydroxylation is 3. The molecule has 0 aliphatic carbocycles. The molecule has 1 aromatic rings. The van der Waals surface area contributed by atoms with Crippen molar-refractivity contribution in [1.82, 2.24) is 20.4 Å². The molecule has 0 radical (unpaired) electrons. The van der Waals surface area contributed by atoms with Crippen LogP contribution in [-0.2, 0) is 6.54 Å². The summed E-state index contributed by atoms with van der Waals surface area (Å²) in [5, 5.41) is 11.1. The number of aliphatic imine (C=N–C) groups is 1. The van der Waals surface area contributed by atoms with E-state index in [-0.39, 0.29) is 29.5 Å². The van der Waals surface area contributed by atoms with E-state index < -0.39 is 0 Å². The number of nitrogens with zero attached hydrogens (tertiary/aromatic N) is 3. The summed E-state index contributed by atoms with van der Waals surface area (Å²) in [4.78, 5) is 4.21. The van der Waals surface area contributed by atoms with Gasteiger partial charge in [0, 0.05) is 31.4 Å². The molecule has 0 aromatic carbocycles. The highest BCUT2D eigenvalue weighted by Gasteiger charge is 2.11. The second kappa shape index (κ2) is 8.49. The zero-order valence-corrected chi connectivity index (χ0v) is 15.8. The molecule has 5 nitrogen and oxygen atoms in total. The minimum atomic E-state index is 0. The number of hydrogen-bond acceptors (Lipinski definition) is 2. The van der Waals surface area contributed by atoms with Crippen LogP contribution in [-0.4, -0.2) is 34.9 Å². The molecule has 0 bridgehead atoms. The van der Waals surface area contributed by atoms with Gasteiger partial charge in [-0.25, -0.2) is 0 Å². The summed E-state index contributed by atoms with van der Waals surface area (Å²) in [5.41, 5.74) is 2.32. The van der Waals surface area contributed by atoms with Crippen LogP contribution >= 0.6 is 24.0 Å². The van der Waals surface area contributed by atoms with Crippen molar-refractivity contribution >= 4 is 29.9 Å². The third-order valence-corrected chi connectivity index (χ3v) is 2.66. The summed E-state index contributed by atoms with van der Waals surface area (Å²) in [6, 6.07) is 2.10. The van der Waals surface area contributed by atoms with Gasteiger partial charge >= 0.3 is 0 Å². The van der Waals surface area contributed by atoms with E-state index in [0.717, 1.165) is 31.2 Å². The third kappa shape index (κ3) is 7.12. The Morgan fingerprint density at radius 2 is 2.00 bits per heavy atom. The van der Waals surface area contributed by atoms with Crippen LogP contribution in [0.5, 0.6) is 0 Å². The highest BCUT2D eigenvalue weighted by Crippen LogP contribution is 2.02. The number of halogens is 1. The van der Waals surface area contributed by atoms with Gasteiger partial charge in [0.15, 0.2) is 5.96 Å². The summed E-state index contributed by atoms with van der Waals surface area (Å²) in [6.07, 6.45) is 1.02. The maximum Gasteiger partial charge on any atom is 0.191 e. The molecule has 0 saturated carbocycles. The van der Waals surface area contributed by atoms with Gasteiger partial charge in [0.25, 0.3) is 0 Å². The van der Waals surface area contributed by atoms with Gasteiger partial charge in [0.05, 0.1) is 5.69 Å². The van der Waals surface area contributed by atoms with Crippen molar-refractivity contribution in [3.8, 4) is 0 Å². The van der Waals surface area contributed by atoms with Crippen LogP contribution in [0, 0.1) is 13.8 Å². The molecular weight excluding hydrogens is 365 g/mol. The summed E-state index contributed by atoms with van der Waals surface area (Å²) >= 11 is 0. The average molecular weight is 393 g/mol. The minimum Gasteiger partial charge on any atom is -0.356 e. The molecule has 1 aromatic heterocycles. The van der Waals surface area contributed by atoms with Gasteiger partial charge in [-0.3, -0.25) is 9.67 Å². The van der Waals surface area contributed by atoms with Gasteiger partial charge in [-0.05, 0) is 47.1 Å². The van der Waals surface area contributed by atoms with Crippen molar-refractivity contribution in [2.24, 2.45) is 4.99 Å². The van der Waals surface area contributed by atoms with Crippen molar-refractivity contribution in [3.63, 3.8) is 0 Å². The lowest BCUT2D eigenvalue weighted by Gasteiger charge is -2.23. The molecule has 2 N–H and O–H groups in total. The van der Waals surface area contributed by atoms with Crippen LogP contribution in [0.15, 0.2) is 11.1 Å². The molecule has 1 heterocycles. The predicted molar refractivity (Wildman–Crippen MR) is 96.0 cm³/mol. The molecule has 0 amide bonds. The zero-order chi connectivity index (χ0) is 14.5. The molecule has 0 aliphatic heterocycles. The van der Waals surface area contributed by atoms with E-state index in [4.69, 9.17) is 0 Å². The van der Waals surface area contributed by atoms with Crippen LogP contribution in [0.4, 0.5) is 0 Å². The Kier molecular flexibility index (Phi) is 8.15. The lowest BCUT2D eigenvalue weighted by Crippen LogP contribution is -2.47. The van der Waals surface area contributed by atoms with Crippen molar-refractivity contribution in [2.45, 2.75) is 53.1 Å². The second-order valence-corrected chi connectivity index (χ2v) is 5.88. The first-order valence-electron chi connectivity index (χ1n) is 6.82. The van der Waals surface area contributed by atoms with Crippen LogP contribution in [0.1, 0.15) is 38.6 Å². The van der Waals surface area contributed by atoms with E-state index in [1.165, 1.54) is 5.69 Å². The molecule has 6 heteroatoms. The first-order chi connectivity index (χ1) is 8.81. The van der Waals surface area contributed by atoms with Crippen LogP contribution < -0.4 is 10.6 Å². The molecule has 0 atom stereocenters. The van der Waals surface area contributed by atoms with Crippen molar-refractivity contribution in [2.75, 3.05) is 13.6 Å². The molecule has 0 spiro atoms. The summed E-state index contributed by atoms with van der Waals surface area (Å²) < 4.78 is 2.05. The van der Waals surface area contributed by atoms with Crippen molar-refractivity contribution in [1.29, 1.82) is 0 Å². The zero-order valence-electron chi connectivity index (χ0n) is 13.4. The first kappa shape index (κ1) is 19.2. The number of aromatic nitrogens is 2. The fourth-order valence-electron chi connectivity index (χ4n) is 1.87. The summed E-state index contributed by atoms with van der Waals surface area (Å²) in [6.45, 7) is 12.3. The van der Waals surface area contributed by atoms with Crippen LogP contribution in [0.3, 0.4) is 0 Å². The number of nitrogens with one attached hydrogen (secondary N) is 2. The molecule has 0 saturated heterocycles. The molecule has 20 heavy (non-hydrogen) atoms. The number of guanidine groups is 1. The SMILES string of the molecule is CN=C(NCCCn1nc(C)cc1C)NC(C)(C)C.I. The van der Waals surface area contributed by atoms with E-state index in [0.29, 0.717) is 0 Å². The van der Waals surface area contributed by atoms with Crippen molar-refractivity contribution < 1.29 is 0 Å². The predicted octanol–water partition coefficient (Wildman–Crippen LogP) is 2.47. The molecular formula is C14H28IN5. The third-order valence-electron chi connectivity index (χ3n) is 2.66. The molecule has 0 aliphatic rings. The van der Waals surface area contributed by atoms with E-state index in [1.54, 1.807) is 7.05 Å². The summed E-state index contributed by atoms with van der Waals surface area (Å²) in [7, 11) is 1.79. The number of rotatable bonds is 4. The maximum atomic E-state index is 4.45. The molecule has 0 fully saturated rings. The van der Waals surface area contributed by atoms with Gasteiger partial charge < -0.3 is 10.6 Å². The highest BCUT2D eigenvalue weighted by molar-refractivity contribution is 14.0. The van der Waals surface area contributed by atoms with Gasteiger partial charge in [-0.2, -0.15) is 5.10 Å². The Morgan fingerprint density at radius 3 is 2.45 bits per heavy atom. The lowest BCUT2D eigenvalue weighted by molar-refractivity contribution is 0.496. The Morgan fingerprint density at radius 1 is 1.35 bits per heavy atom. The quantitative estimate of drug-likeness (QED) is 0.358. The lowest BCUT2D eigenvalue weighted by atomic mass is 10.1. The topological polar surface area (TPSA) is 54.2 Å². The molecule has 116 valence electrons. The Labute approximate surface area is 139 Å². The summed E-state index contributed by atoms with van der Waals surface area (Å²) in [5.74, 6) is 0.848. The van der Waals surface area contributed by atoms with Gasteiger partial charge in [-0.15, -0.1) is 24.0 Å². The van der Waals surface area contributed by atoms with E-state index in [1.807, 2.05) is 6.92 Å². The average Bonchev–Trinajstić information content (AvgIpc) is 2.60. The van der Waals surface area contributed by atoms with E-state index in [9.17, 15) is 0 Å². The Bertz CT molecular complexity index is 431. The normalized spacial score (nSPS) is 12.0. The van der Waals surface area contributed by atoms with Gasteiger partial charge in [0.1, 0.15) is 0 Å². The standard InChI is InChI=1S/C14H27N5.HI/c1-11-10-12(2)19(18-11)9-7-8-16-13(15-6)17-14(3,4)5;/h10H,7-9H2,1-6H3,(H2,15,16,17);1H. The smallest absolute Gasteiger partial charge is 0.191 e. The monoisotopic (exact) mass is 393 g/mol. The van der Waals surface area contributed by atoms with Gasteiger partial charge in [-0.1, -0.05) is 0 Å². The molecule has 0 unspecified atom stereocenters. The maximum absolute atomic E-state index is 4.45. The highest BCUT2D eigenvalue weighted by atomic mass is 127. The van der Waals surface area contributed by atoms with Crippen LogP contribution in [0.25, 0.3) is 0 Å². The Hall–Kier alpha value is -0.790. The van der Waals surface area contributed by atoms with E-state index >= 15 is 0 Å². The van der Waals surface area contributed by atoms with Crippen LogP contribution in [0.2, 0.25) is 0 Å². The largest absolute Gasteiger partial charge is 0.356 e. The minimum absolute atomic E-state index is 0. The second-order valence-electron chi connectivity index (χ2n) is 5.88. The molecule has 1 rings (SSSR count). The van der Waals surface area contributed by atoms with E-state index in [2.05, 4.69) is 59.2 Å². The number of hydrogen-bond donors (Lipinski definition) is 2.